The standard InChI is InChI=1S/C44H42N4O5/c1-32(34-20-10-4-11-21-34)46-40(42(50)52-2)41(49)39(47-43(51)53-30-33-18-8-3-9-19-33)28-38-29-48(31-45-38)44(35-22-12-5-13-23-35,36-24-14-6-15-25-36)37-26-16-7-17-27-37/h3-27,29,31-32,39-40,46H,28,30H2,1-2H3,(H,47,51). The number of rotatable bonds is 15. The van der Waals surface area contributed by atoms with Crippen LogP contribution in [0.2, 0.25) is 0 Å². The molecule has 0 saturated heterocycles. The molecule has 1 aromatic heterocycles. The van der Waals surface area contributed by atoms with Crippen molar-refractivity contribution >= 4 is 17.8 Å². The molecule has 1 heterocycles. The molecule has 0 aliphatic carbocycles. The summed E-state index contributed by atoms with van der Waals surface area (Å²) in [4.78, 5) is 45.7. The van der Waals surface area contributed by atoms with Gasteiger partial charge in [-0.2, -0.15) is 0 Å². The Morgan fingerprint density at radius 2 is 1.21 bits per heavy atom. The smallest absolute Gasteiger partial charge is 0.408 e. The van der Waals surface area contributed by atoms with Gasteiger partial charge in [0.1, 0.15) is 12.1 Å². The van der Waals surface area contributed by atoms with E-state index in [2.05, 4.69) is 47.0 Å². The van der Waals surface area contributed by atoms with Gasteiger partial charge in [0, 0.05) is 18.7 Å². The molecule has 9 heteroatoms. The predicted molar refractivity (Wildman–Crippen MR) is 203 cm³/mol. The number of benzene rings is 5. The fraction of sp³-hybridized carbons (Fsp3) is 0.182. The molecule has 6 aromatic rings. The topological polar surface area (TPSA) is 112 Å². The van der Waals surface area contributed by atoms with Gasteiger partial charge in [0.2, 0.25) is 0 Å². The number of carbonyl (C=O) groups excluding carboxylic acids is 3. The fourth-order valence-electron chi connectivity index (χ4n) is 6.65. The Labute approximate surface area is 309 Å². The Hall–Kier alpha value is -6.32. The molecule has 3 atom stereocenters. The predicted octanol–water partition coefficient (Wildman–Crippen LogP) is 7.02. The van der Waals surface area contributed by atoms with Crippen LogP contribution in [-0.4, -0.2) is 46.6 Å². The van der Waals surface area contributed by atoms with Gasteiger partial charge in [-0.15, -0.1) is 0 Å². The van der Waals surface area contributed by atoms with Gasteiger partial charge in [0.05, 0.1) is 25.2 Å². The van der Waals surface area contributed by atoms with Crippen molar-refractivity contribution in [2.24, 2.45) is 0 Å². The second-order valence-electron chi connectivity index (χ2n) is 12.7. The summed E-state index contributed by atoms with van der Waals surface area (Å²) < 4.78 is 12.7. The number of methoxy groups -OCH3 is 1. The van der Waals surface area contributed by atoms with Gasteiger partial charge in [-0.25, -0.2) is 14.6 Å². The average molecular weight is 707 g/mol. The molecule has 2 N–H and O–H groups in total. The first-order chi connectivity index (χ1) is 25.9. The highest BCUT2D eigenvalue weighted by atomic mass is 16.5. The number of hydrogen-bond donors (Lipinski definition) is 2. The second kappa shape index (κ2) is 17.3. The van der Waals surface area contributed by atoms with E-state index >= 15 is 0 Å². The van der Waals surface area contributed by atoms with E-state index in [0.717, 1.165) is 27.8 Å². The summed E-state index contributed by atoms with van der Waals surface area (Å²) in [5.74, 6) is -1.37. The van der Waals surface area contributed by atoms with Crippen LogP contribution in [0.25, 0.3) is 0 Å². The number of nitrogens with one attached hydrogen (secondary N) is 2. The van der Waals surface area contributed by atoms with E-state index in [1.54, 1.807) is 6.33 Å². The van der Waals surface area contributed by atoms with Crippen molar-refractivity contribution in [2.45, 2.75) is 43.6 Å². The van der Waals surface area contributed by atoms with Crippen LogP contribution in [0.5, 0.6) is 0 Å². The molecule has 0 bridgehead atoms. The Morgan fingerprint density at radius 3 is 1.72 bits per heavy atom. The van der Waals surface area contributed by atoms with Gasteiger partial charge in [0.15, 0.2) is 11.8 Å². The molecular weight excluding hydrogens is 665 g/mol. The first-order valence-electron chi connectivity index (χ1n) is 17.5. The van der Waals surface area contributed by atoms with Gasteiger partial charge in [-0.1, -0.05) is 152 Å². The summed E-state index contributed by atoms with van der Waals surface area (Å²) in [6.45, 7) is 1.85. The van der Waals surface area contributed by atoms with E-state index in [1.165, 1.54) is 7.11 Å². The van der Waals surface area contributed by atoms with E-state index < -0.39 is 41.5 Å². The molecule has 5 aromatic carbocycles. The highest BCUT2D eigenvalue weighted by molar-refractivity contribution is 6.06. The van der Waals surface area contributed by atoms with Gasteiger partial charge in [-0.05, 0) is 34.7 Å². The zero-order valence-corrected chi connectivity index (χ0v) is 29.7. The molecule has 0 fully saturated rings. The van der Waals surface area contributed by atoms with Gasteiger partial charge in [-0.3, -0.25) is 10.1 Å². The summed E-state index contributed by atoms with van der Waals surface area (Å²) in [6, 6.07) is 46.1. The van der Waals surface area contributed by atoms with Crippen LogP contribution in [-0.2, 0) is 37.6 Å². The molecule has 53 heavy (non-hydrogen) atoms. The van der Waals surface area contributed by atoms with E-state index in [0.29, 0.717) is 5.69 Å². The normalized spacial score (nSPS) is 12.9. The molecular formula is C44H42N4O5. The minimum absolute atomic E-state index is 0.000318. The highest BCUT2D eigenvalue weighted by Crippen LogP contribution is 2.40. The van der Waals surface area contributed by atoms with Gasteiger partial charge in [0.25, 0.3) is 0 Å². The Bertz CT molecular complexity index is 1980. The number of imidazole rings is 1. The molecule has 0 radical (unpaired) electrons. The first kappa shape index (κ1) is 36.5. The van der Waals surface area contributed by atoms with Crippen molar-refractivity contribution in [3.63, 3.8) is 0 Å². The number of alkyl carbamates (subject to hydrolysis) is 1. The second-order valence-corrected chi connectivity index (χ2v) is 12.7. The maximum atomic E-state index is 14.4. The quantitative estimate of drug-likeness (QED) is 0.0671. The molecule has 268 valence electrons. The van der Waals surface area contributed by atoms with Crippen LogP contribution in [0.4, 0.5) is 4.79 Å². The third-order valence-electron chi connectivity index (χ3n) is 9.30. The third-order valence-corrected chi connectivity index (χ3v) is 9.30. The molecule has 6 rings (SSSR count). The number of ether oxygens (including phenoxy) is 2. The summed E-state index contributed by atoms with van der Waals surface area (Å²) in [5.41, 5.74) is 4.34. The van der Waals surface area contributed by atoms with E-state index in [9.17, 15) is 14.4 Å². The van der Waals surface area contributed by atoms with Crippen molar-refractivity contribution < 1.29 is 23.9 Å². The van der Waals surface area contributed by atoms with Crippen molar-refractivity contribution in [1.29, 1.82) is 0 Å². The lowest BCUT2D eigenvalue weighted by molar-refractivity contribution is -0.147. The minimum Gasteiger partial charge on any atom is -0.468 e. The highest BCUT2D eigenvalue weighted by Gasteiger charge is 2.40. The molecule has 0 aliphatic heterocycles. The number of ketones is 1. The average Bonchev–Trinajstić information content (AvgIpc) is 3.69. The third kappa shape index (κ3) is 8.43. The van der Waals surface area contributed by atoms with Crippen LogP contribution < -0.4 is 10.6 Å². The lowest BCUT2D eigenvalue weighted by Crippen LogP contribution is -2.54. The molecule has 0 aliphatic rings. The van der Waals surface area contributed by atoms with Crippen LogP contribution in [0, 0.1) is 0 Å². The Kier molecular flexibility index (Phi) is 11.9. The Morgan fingerprint density at radius 1 is 0.717 bits per heavy atom. The summed E-state index contributed by atoms with van der Waals surface area (Å²) in [7, 11) is 1.23. The number of carbonyl (C=O) groups is 3. The molecule has 0 saturated carbocycles. The lowest BCUT2D eigenvalue weighted by atomic mass is 9.77. The van der Waals surface area contributed by atoms with E-state index in [1.807, 2.05) is 133 Å². The molecule has 1 amide bonds. The molecule has 9 nitrogen and oxygen atoms in total. The largest absolute Gasteiger partial charge is 0.468 e. The number of esters is 1. The fourth-order valence-corrected chi connectivity index (χ4v) is 6.65. The number of aromatic nitrogens is 2. The maximum absolute atomic E-state index is 14.4. The van der Waals surface area contributed by atoms with Crippen LogP contribution in [0.15, 0.2) is 164 Å². The van der Waals surface area contributed by atoms with Crippen molar-refractivity contribution in [1.82, 2.24) is 20.2 Å². The van der Waals surface area contributed by atoms with Crippen LogP contribution in [0.1, 0.15) is 46.5 Å². The summed E-state index contributed by atoms with van der Waals surface area (Å²) in [6.07, 6.45) is 2.79. The molecule has 3 unspecified atom stereocenters. The number of nitrogens with zero attached hydrogens (tertiary/aromatic N) is 2. The van der Waals surface area contributed by atoms with E-state index in [4.69, 9.17) is 14.5 Å². The van der Waals surface area contributed by atoms with E-state index in [-0.39, 0.29) is 13.0 Å². The first-order valence-corrected chi connectivity index (χ1v) is 17.5. The summed E-state index contributed by atoms with van der Waals surface area (Å²) >= 11 is 0. The van der Waals surface area contributed by atoms with Crippen molar-refractivity contribution in [3.05, 3.63) is 198 Å². The maximum Gasteiger partial charge on any atom is 0.408 e. The van der Waals surface area contributed by atoms with Crippen molar-refractivity contribution in [3.8, 4) is 0 Å². The zero-order valence-electron chi connectivity index (χ0n) is 29.7. The zero-order chi connectivity index (χ0) is 37.0. The van der Waals surface area contributed by atoms with Crippen LogP contribution >= 0.6 is 0 Å². The number of Topliss-reactive ketones (excluding diaryl/α,β-unsaturated/α-hetero) is 1. The summed E-state index contributed by atoms with van der Waals surface area (Å²) in [5, 5.41) is 5.88. The van der Waals surface area contributed by atoms with Crippen molar-refractivity contribution in [2.75, 3.05) is 7.11 Å². The van der Waals surface area contributed by atoms with Gasteiger partial charge < -0.3 is 19.4 Å². The number of amides is 1. The molecule has 0 spiro atoms. The SMILES string of the molecule is COC(=O)C(NC(C)c1ccccc1)C(=O)C(Cc1cn(C(c2ccccc2)(c2ccccc2)c2ccccc2)cn1)NC(=O)OCc1ccccc1. The lowest BCUT2D eigenvalue weighted by Gasteiger charge is -2.37. The van der Waals surface area contributed by atoms with Gasteiger partial charge >= 0.3 is 12.1 Å². The minimum atomic E-state index is -1.39. The Balaban J connectivity index is 1.37. The number of hydrogen-bond acceptors (Lipinski definition) is 7. The monoisotopic (exact) mass is 706 g/mol. The van der Waals surface area contributed by atoms with Crippen LogP contribution in [0.3, 0.4) is 0 Å².